The molecule has 0 radical (unpaired) electrons. The second-order valence-electron chi connectivity index (χ2n) is 4.59. The molecule has 0 spiro atoms. The standard InChI is InChI=1S/C12H19ClN4OS/c1-5-17-12-10(9(3)15-17)14-11(8(2)13)16(12)6-7-19(4)18/h8H,5-7H2,1-4H3. The van der Waals surface area contributed by atoms with Crippen molar-refractivity contribution < 1.29 is 4.21 Å². The molecular weight excluding hydrogens is 284 g/mol. The highest BCUT2D eigenvalue weighted by Crippen LogP contribution is 2.26. The van der Waals surface area contributed by atoms with Gasteiger partial charge in [-0.1, -0.05) is 0 Å². The molecule has 19 heavy (non-hydrogen) atoms. The highest BCUT2D eigenvalue weighted by atomic mass is 35.5. The van der Waals surface area contributed by atoms with Crippen molar-refractivity contribution in [3.8, 4) is 0 Å². The van der Waals surface area contributed by atoms with E-state index in [4.69, 9.17) is 11.6 Å². The molecule has 0 aliphatic heterocycles. The van der Waals surface area contributed by atoms with Gasteiger partial charge in [-0.05, 0) is 20.8 Å². The van der Waals surface area contributed by atoms with Gasteiger partial charge in [-0.3, -0.25) is 4.21 Å². The minimum absolute atomic E-state index is 0.178. The second kappa shape index (κ2) is 5.63. The maximum atomic E-state index is 11.3. The predicted octanol–water partition coefficient (Wildman–Crippen LogP) is 2.24. The summed E-state index contributed by atoms with van der Waals surface area (Å²) >= 11 is 6.21. The van der Waals surface area contributed by atoms with Gasteiger partial charge in [0.15, 0.2) is 5.65 Å². The first-order chi connectivity index (χ1) is 8.95. The van der Waals surface area contributed by atoms with E-state index < -0.39 is 10.8 Å². The molecule has 0 fully saturated rings. The first-order valence-electron chi connectivity index (χ1n) is 6.33. The van der Waals surface area contributed by atoms with Crippen LogP contribution in [-0.2, 0) is 23.9 Å². The Kier molecular flexibility index (Phi) is 4.30. The van der Waals surface area contributed by atoms with E-state index in [0.29, 0.717) is 12.3 Å². The van der Waals surface area contributed by atoms with Crippen LogP contribution in [-0.4, -0.2) is 35.5 Å². The van der Waals surface area contributed by atoms with E-state index in [9.17, 15) is 4.21 Å². The monoisotopic (exact) mass is 302 g/mol. The number of aromatic nitrogens is 4. The second-order valence-corrected chi connectivity index (χ2v) is 6.80. The van der Waals surface area contributed by atoms with E-state index >= 15 is 0 Å². The molecule has 7 heteroatoms. The van der Waals surface area contributed by atoms with Crippen LogP contribution in [0.25, 0.3) is 11.2 Å². The van der Waals surface area contributed by atoms with Crippen molar-refractivity contribution in [2.24, 2.45) is 0 Å². The average Bonchev–Trinajstić information content (AvgIpc) is 2.85. The van der Waals surface area contributed by atoms with Gasteiger partial charge in [-0.2, -0.15) is 5.10 Å². The lowest BCUT2D eigenvalue weighted by atomic mass is 10.4. The van der Waals surface area contributed by atoms with Crippen LogP contribution in [0.15, 0.2) is 0 Å². The Bertz CT molecular complexity index is 617. The third-order valence-corrected chi connectivity index (χ3v) is 4.04. The Morgan fingerprint density at radius 2 is 2.16 bits per heavy atom. The Morgan fingerprint density at radius 3 is 2.68 bits per heavy atom. The van der Waals surface area contributed by atoms with Crippen LogP contribution in [0.2, 0.25) is 0 Å². The van der Waals surface area contributed by atoms with Crippen molar-refractivity contribution in [2.75, 3.05) is 12.0 Å². The van der Waals surface area contributed by atoms with Crippen LogP contribution in [0.3, 0.4) is 0 Å². The molecule has 2 heterocycles. The summed E-state index contributed by atoms with van der Waals surface area (Å²) in [6.07, 6.45) is 1.71. The van der Waals surface area contributed by atoms with Crippen molar-refractivity contribution in [3.05, 3.63) is 11.5 Å². The van der Waals surface area contributed by atoms with Crippen molar-refractivity contribution in [2.45, 2.75) is 39.2 Å². The number of nitrogens with zero attached hydrogens (tertiary/aromatic N) is 4. The number of rotatable bonds is 5. The van der Waals surface area contributed by atoms with Gasteiger partial charge in [0.1, 0.15) is 11.3 Å². The summed E-state index contributed by atoms with van der Waals surface area (Å²) in [7, 11) is -0.838. The smallest absolute Gasteiger partial charge is 0.158 e. The van der Waals surface area contributed by atoms with Crippen LogP contribution in [0.4, 0.5) is 0 Å². The third-order valence-electron chi connectivity index (χ3n) is 3.09. The molecule has 2 aromatic heterocycles. The van der Waals surface area contributed by atoms with E-state index in [0.717, 1.165) is 29.2 Å². The fourth-order valence-electron chi connectivity index (χ4n) is 2.21. The number of halogens is 1. The molecule has 0 N–H and O–H groups in total. The summed E-state index contributed by atoms with van der Waals surface area (Å²) in [6, 6.07) is 0. The van der Waals surface area contributed by atoms with E-state index in [1.165, 1.54) is 0 Å². The maximum absolute atomic E-state index is 11.3. The Labute approximate surface area is 120 Å². The minimum atomic E-state index is -0.838. The van der Waals surface area contributed by atoms with E-state index in [1.54, 1.807) is 6.26 Å². The van der Waals surface area contributed by atoms with Gasteiger partial charge < -0.3 is 4.57 Å². The number of hydrogen-bond donors (Lipinski definition) is 0. The zero-order valence-electron chi connectivity index (χ0n) is 11.7. The van der Waals surface area contributed by atoms with Crippen LogP contribution >= 0.6 is 11.6 Å². The fraction of sp³-hybridized carbons (Fsp3) is 0.667. The van der Waals surface area contributed by atoms with E-state index in [-0.39, 0.29) is 5.38 Å². The first-order valence-corrected chi connectivity index (χ1v) is 8.49. The Balaban J connectivity index is 2.60. The van der Waals surface area contributed by atoms with Crippen LogP contribution in [0.5, 0.6) is 0 Å². The van der Waals surface area contributed by atoms with Gasteiger partial charge >= 0.3 is 0 Å². The van der Waals surface area contributed by atoms with E-state index in [1.807, 2.05) is 25.5 Å². The molecule has 0 aliphatic carbocycles. The SMILES string of the molecule is CCn1nc(C)c2nc(C(C)Cl)n(CCS(C)=O)c21. The molecule has 2 rings (SSSR count). The summed E-state index contributed by atoms with van der Waals surface area (Å²) in [5.74, 6) is 1.42. The molecule has 106 valence electrons. The Hall–Kier alpha value is -0.880. The number of imidazole rings is 1. The van der Waals surface area contributed by atoms with Gasteiger partial charge in [0.25, 0.3) is 0 Å². The predicted molar refractivity (Wildman–Crippen MR) is 79.1 cm³/mol. The molecule has 0 aromatic carbocycles. The summed E-state index contributed by atoms with van der Waals surface area (Å²) in [5.41, 5.74) is 2.78. The number of fused-ring (bicyclic) bond motifs is 1. The first kappa shape index (κ1) is 14.5. The molecule has 2 atom stereocenters. The highest BCUT2D eigenvalue weighted by molar-refractivity contribution is 7.84. The van der Waals surface area contributed by atoms with Crippen molar-refractivity contribution in [1.82, 2.24) is 19.3 Å². The average molecular weight is 303 g/mol. The lowest BCUT2D eigenvalue weighted by molar-refractivity contribution is 0.623. The summed E-state index contributed by atoms with van der Waals surface area (Å²) in [6.45, 7) is 7.33. The molecular formula is C12H19ClN4OS. The number of aryl methyl sites for hydroxylation is 3. The maximum Gasteiger partial charge on any atom is 0.158 e. The molecule has 0 saturated carbocycles. The minimum Gasteiger partial charge on any atom is -0.311 e. The van der Waals surface area contributed by atoms with Gasteiger partial charge in [-0.25, -0.2) is 9.67 Å². The van der Waals surface area contributed by atoms with Crippen LogP contribution < -0.4 is 0 Å². The molecule has 2 unspecified atom stereocenters. The third kappa shape index (κ3) is 2.69. The van der Waals surface area contributed by atoms with Gasteiger partial charge in [-0.15, -0.1) is 11.6 Å². The summed E-state index contributed by atoms with van der Waals surface area (Å²) < 4.78 is 15.3. The molecule has 2 aromatic rings. The molecule has 0 amide bonds. The summed E-state index contributed by atoms with van der Waals surface area (Å²) in [4.78, 5) is 4.61. The van der Waals surface area contributed by atoms with Gasteiger partial charge in [0.05, 0.1) is 11.1 Å². The van der Waals surface area contributed by atoms with Crippen molar-refractivity contribution in [1.29, 1.82) is 0 Å². The topological polar surface area (TPSA) is 52.7 Å². The Morgan fingerprint density at radius 1 is 1.47 bits per heavy atom. The number of hydrogen-bond acceptors (Lipinski definition) is 3. The molecule has 0 aliphatic rings. The van der Waals surface area contributed by atoms with Crippen LogP contribution in [0.1, 0.15) is 30.7 Å². The highest BCUT2D eigenvalue weighted by Gasteiger charge is 2.20. The largest absolute Gasteiger partial charge is 0.311 e. The van der Waals surface area contributed by atoms with Crippen LogP contribution in [0, 0.1) is 6.92 Å². The zero-order valence-corrected chi connectivity index (χ0v) is 13.3. The number of alkyl halides is 1. The lowest BCUT2D eigenvalue weighted by Crippen LogP contribution is -2.13. The summed E-state index contributed by atoms with van der Waals surface area (Å²) in [5, 5.41) is 4.29. The molecule has 5 nitrogen and oxygen atoms in total. The lowest BCUT2D eigenvalue weighted by Gasteiger charge is -2.10. The van der Waals surface area contributed by atoms with Gasteiger partial charge in [0.2, 0.25) is 0 Å². The quantitative estimate of drug-likeness (QED) is 0.796. The normalized spacial score (nSPS) is 15.0. The fourth-order valence-corrected chi connectivity index (χ4v) is 2.81. The van der Waals surface area contributed by atoms with Crippen molar-refractivity contribution >= 4 is 33.6 Å². The molecule has 0 bridgehead atoms. The van der Waals surface area contributed by atoms with Gasteiger partial charge in [0, 0.05) is 35.9 Å². The van der Waals surface area contributed by atoms with Crippen molar-refractivity contribution in [3.63, 3.8) is 0 Å². The molecule has 0 saturated heterocycles. The zero-order chi connectivity index (χ0) is 14.2. The van der Waals surface area contributed by atoms with E-state index in [2.05, 4.69) is 14.6 Å².